The third kappa shape index (κ3) is 2.90. The van der Waals surface area contributed by atoms with Crippen molar-refractivity contribution < 1.29 is 9.18 Å². The maximum Gasteiger partial charge on any atom is 0.249 e. The highest BCUT2D eigenvalue weighted by molar-refractivity contribution is 5.90. The minimum atomic E-state index is -0.304. The molecule has 0 aliphatic carbocycles. The van der Waals surface area contributed by atoms with Gasteiger partial charge in [-0.2, -0.15) is 10.1 Å². The van der Waals surface area contributed by atoms with Crippen LogP contribution in [0.2, 0.25) is 0 Å². The molecule has 4 rings (SSSR count). The summed E-state index contributed by atoms with van der Waals surface area (Å²) in [4.78, 5) is 19.7. The summed E-state index contributed by atoms with van der Waals surface area (Å²) in [5.74, 6) is -0.0272. The zero-order chi connectivity index (χ0) is 18.1. The number of aromatic nitrogens is 6. The Morgan fingerprint density at radius 1 is 1.27 bits per heavy atom. The first kappa shape index (κ1) is 15.9. The average molecular weight is 351 g/mol. The van der Waals surface area contributed by atoms with Gasteiger partial charge in [-0.15, -0.1) is 5.10 Å². The molecule has 0 aliphatic heterocycles. The minimum absolute atomic E-state index is 0.160. The smallest absolute Gasteiger partial charge is 0.249 e. The van der Waals surface area contributed by atoms with Crippen LogP contribution < -0.4 is 5.32 Å². The van der Waals surface area contributed by atoms with Gasteiger partial charge in [0.2, 0.25) is 11.9 Å². The van der Waals surface area contributed by atoms with Crippen LogP contribution in [-0.4, -0.2) is 35.9 Å². The topological polar surface area (TPSA) is 101 Å². The molecule has 9 heteroatoms. The summed E-state index contributed by atoms with van der Waals surface area (Å²) in [6, 6.07) is 10.2. The van der Waals surface area contributed by atoms with Crippen molar-refractivity contribution >= 4 is 22.9 Å². The third-order valence-corrected chi connectivity index (χ3v) is 3.78. The number of pyridine rings is 1. The number of benzene rings is 1. The van der Waals surface area contributed by atoms with E-state index < -0.39 is 0 Å². The van der Waals surface area contributed by atoms with Gasteiger partial charge in [0.25, 0.3) is 0 Å². The number of H-pyrrole nitrogens is 1. The van der Waals surface area contributed by atoms with Gasteiger partial charge in [-0.05, 0) is 18.2 Å². The third-order valence-electron chi connectivity index (χ3n) is 3.78. The van der Waals surface area contributed by atoms with Crippen LogP contribution in [0.5, 0.6) is 0 Å². The number of rotatable bonds is 4. The predicted molar refractivity (Wildman–Crippen MR) is 92.7 cm³/mol. The van der Waals surface area contributed by atoms with E-state index in [1.807, 2.05) is 6.07 Å². The van der Waals surface area contributed by atoms with Crippen molar-refractivity contribution in [3.05, 3.63) is 54.0 Å². The molecule has 0 saturated carbocycles. The molecule has 2 N–H and O–H groups in total. The number of anilines is 1. The molecular weight excluding hydrogens is 337 g/mol. The van der Waals surface area contributed by atoms with E-state index in [4.69, 9.17) is 0 Å². The van der Waals surface area contributed by atoms with Crippen LogP contribution >= 0.6 is 0 Å². The first-order valence-electron chi connectivity index (χ1n) is 7.87. The van der Waals surface area contributed by atoms with Crippen molar-refractivity contribution in [1.82, 2.24) is 29.9 Å². The van der Waals surface area contributed by atoms with Crippen LogP contribution in [0.4, 0.5) is 10.3 Å². The first-order chi connectivity index (χ1) is 12.6. The molecule has 0 saturated heterocycles. The van der Waals surface area contributed by atoms with E-state index >= 15 is 0 Å². The molecule has 0 radical (unpaired) electrons. The Balaban J connectivity index is 1.78. The highest BCUT2D eigenvalue weighted by atomic mass is 19.1. The van der Waals surface area contributed by atoms with Crippen LogP contribution in [0.25, 0.3) is 22.6 Å². The summed E-state index contributed by atoms with van der Waals surface area (Å²) in [5, 5.41) is 14.5. The van der Waals surface area contributed by atoms with Gasteiger partial charge in [-0.1, -0.05) is 18.2 Å². The van der Waals surface area contributed by atoms with Crippen molar-refractivity contribution in [2.75, 3.05) is 5.32 Å². The minimum Gasteiger partial charge on any atom is -0.293 e. The molecule has 130 valence electrons. The normalized spacial score (nSPS) is 11.0. The van der Waals surface area contributed by atoms with Crippen molar-refractivity contribution in [3.63, 3.8) is 0 Å². The Morgan fingerprint density at radius 3 is 2.92 bits per heavy atom. The monoisotopic (exact) mass is 351 g/mol. The van der Waals surface area contributed by atoms with Crippen LogP contribution in [0.1, 0.15) is 12.5 Å². The first-order valence-corrected chi connectivity index (χ1v) is 7.87. The predicted octanol–water partition coefficient (Wildman–Crippen LogP) is 2.36. The SMILES string of the molecule is CC(=O)Nc1n[nH]c(-c2nn(Cc3ccccc3F)c3ncccc23)n1. The number of hydrogen-bond acceptors (Lipinski definition) is 5. The molecular formula is C17H14FN7O. The number of nitrogens with zero attached hydrogens (tertiary/aromatic N) is 5. The van der Waals surface area contributed by atoms with Crippen LogP contribution in [0.15, 0.2) is 42.6 Å². The molecule has 0 atom stereocenters. The van der Waals surface area contributed by atoms with Crippen LogP contribution in [0, 0.1) is 5.82 Å². The zero-order valence-electron chi connectivity index (χ0n) is 13.8. The van der Waals surface area contributed by atoms with Gasteiger partial charge in [0.15, 0.2) is 11.5 Å². The summed E-state index contributed by atoms with van der Waals surface area (Å²) >= 11 is 0. The summed E-state index contributed by atoms with van der Waals surface area (Å²) in [7, 11) is 0. The summed E-state index contributed by atoms with van der Waals surface area (Å²) in [6.07, 6.45) is 1.65. The summed E-state index contributed by atoms with van der Waals surface area (Å²) < 4.78 is 15.6. The highest BCUT2D eigenvalue weighted by Crippen LogP contribution is 2.25. The fourth-order valence-electron chi connectivity index (χ4n) is 2.66. The van der Waals surface area contributed by atoms with Gasteiger partial charge in [0.05, 0.1) is 11.9 Å². The number of hydrogen-bond donors (Lipinski definition) is 2. The van der Waals surface area contributed by atoms with Crippen molar-refractivity contribution in [1.29, 1.82) is 0 Å². The van der Waals surface area contributed by atoms with E-state index in [2.05, 4.69) is 30.6 Å². The number of amides is 1. The lowest BCUT2D eigenvalue weighted by Gasteiger charge is -2.04. The number of nitrogens with one attached hydrogen (secondary N) is 2. The van der Waals surface area contributed by atoms with Crippen LogP contribution in [0.3, 0.4) is 0 Å². The zero-order valence-corrected chi connectivity index (χ0v) is 13.8. The van der Waals surface area contributed by atoms with E-state index in [0.29, 0.717) is 22.7 Å². The Morgan fingerprint density at radius 2 is 2.12 bits per heavy atom. The van der Waals surface area contributed by atoms with Gasteiger partial charge in [0, 0.05) is 18.7 Å². The lowest BCUT2D eigenvalue weighted by molar-refractivity contribution is -0.114. The summed E-state index contributed by atoms with van der Waals surface area (Å²) in [5.41, 5.74) is 1.63. The Kier molecular flexibility index (Phi) is 3.88. The molecule has 3 heterocycles. The van der Waals surface area contributed by atoms with E-state index in [1.165, 1.54) is 13.0 Å². The molecule has 1 aromatic carbocycles. The molecule has 0 unspecified atom stereocenters. The van der Waals surface area contributed by atoms with E-state index in [0.717, 1.165) is 5.39 Å². The van der Waals surface area contributed by atoms with Gasteiger partial charge in [0.1, 0.15) is 11.5 Å². The highest BCUT2D eigenvalue weighted by Gasteiger charge is 2.17. The van der Waals surface area contributed by atoms with Crippen LogP contribution in [-0.2, 0) is 11.3 Å². The Hall–Kier alpha value is -3.62. The van der Waals surface area contributed by atoms with Crippen molar-refractivity contribution in [2.45, 2.75) is 13.5 Å². The molecule has 4 aromatic rings. The second-order valence-corrected chi connectivity index (χ2v) is 5.66. The molecule has 1 amide bonds. The number of halogens is 1. The fourth-order valence-corrected chi connectivity index (χ4v) is 2.66. The second-order valence-electron chi connectivity index (χ2n) is 5.66. The maximum atomic E-state index is 14.0. The standard InChI is InChI=1S/C17H14FN7O/c1-10(26)20-17-21-15(22-23-17)14-12-6-4-8-19-16(12)25(24-14)9-11-5-2-3-7-13(11)18/h2-8H,9H2,1H3,(H2,20,21,22,23,26). The number of fused-ring (bicyclic) bond motifs is 1. The molecule has 0 spiro atoms. The Labute approximate surface area is 147 Å². The number of carbonyl (C=O) groups is 1. The maximum absolute atomic E-state index is 14.0. The van der Waals surface area contributed by atoms with E-state index in [1.54, 1.807) is 35.1 Å². The molecule has 3 aromatic heterocycles. The average Bonchev–Trinajstić information content (AvgIpc) is 3.21. The number of carbonyl (C=O) groups excluding carboxylic acids is 1. The van der Waals surface area contributed by atoms with E-state index in [9.17, 15) is 9.18 Å². The van der Waals surface area contributed by atoms with Gasteiger partial charge < -0.3 is 0 Å². The largest absolute Gasteiger partial charge is 0.293 e. The molecule has 0 bridgehead atoms. The second kappa shape index (κ2) is 6.36. The van der Waals surface area contributed by atoms with Gasteiger partial charge in [-0.25, -0.2) is 14.1 Å². The van der Waals surface area contributed by atoms with Crippen molar-refractivity contribution in [3.8, 4) is 11.5 Å². The molecule has 8 nitrogen and oxygen atoms in total. The van der Waals surface area contributed by atoms with Gasteiger partial charge in [-0.3, -0.25) is 15.2 Å². The molecule has 0 aliphatic rings. The quantitative estimate of drug-likeness (QED) is 0.588. The van der Waals surface area contributed by atoms with Gasteiger partial charge >= 0.3 is 0 Å². The lowest BCUT2D eigenvalue weighted by Crippen LogP contribution is -2.07. The molecule has 26 heavy (non-hydrogen) atoms. The number of aromatic amines is 1. The van der Waals surface area contributed by atoms with Crippen molar-refractivity contribution in [2.24, 2.45) is 0 Å². The fraction of sp³-hybridized carbons (Fsp3) is 0.118. The Bertz CT molecular complexity index is 1100. The van der Waals surface area contributed by atoms with E-state index in [-0.39, 0.29) is 24.2 Å². The lowest BCUT2D eigenvalue weighted by atomic mass is 10.2. The summed E-state index contributed by atoms with van der Waals surface area (Å²) in [6.45, 7) is 1.60. The molecule has 0 fully saturated rings.